The maximum Gasteiger partial charge on any atom is 0.573 e. The average molecular weight is 267 g/mol. The van der Waals surface area contributed by atoms with E-state index >= 15 is 0 Å². The summed E-state index contributed by atoms with van der Waals surface area (Å²) in [6.07, 6.45) is -6.22. The number of nitrogens with one attached hydrogen (secondary N) is 1. The van der Waals surface area contributed by atoms with Crippen molar-refractivity contribution < 1.29 is 32.2 Å². The van der Waals surface area contributed by atoms with E-state index in [0.717, 1.165) is 18.2 Å². The third kappa shape index (κ3) is 4.89. The topological polar surface area (TPSA) is 58.6 Å². The number of hydrogen-bond donors (Lipinski definition) is 2. The van der Waals surface area contributed by atoms with E-state index in [2.05, 4.69) is 4.74 Å². The number of alkyl halides is 3. The van der Waals surface area contributed by atoms with E-state index in [1.807, 2.05) is 5.32 Å². The first-order valence-corrected chi connectivity index (χ1v) is 4.79. The highest BCUT2D eigenvalue weighted by molar-refractivity contribution is 5.64. The fourth-order valence-corrected chi connectivity index (χ4v) is 1.24. The molecule has 0 aliphatic carbocycles. The Kier molecular flexibility index (Phi) is 4.35. The van der Waals surface area contributed by atoms with Crippen LogP contribution in [0.4, 0.5) is 22.4 Å². The summed E-state index contributed by atoms with van der Waals surface area (Å²) in [4.78, 5) is 10.2. The number of benzene rings is 1. The van der Waals surface area contributed by atoms with Crippen LogP contribution in [-0.4, -0.2) is 24.1 Å². The molecule has 0 atom stereocenters. The van der Waals surface area contributed by atoms with Crippen molar-refractivity contribution in [3.05, 3.63) is 29.6 Å². The van der Waals surface area contributed by atoms with Crippen molar-refractivity contribution in [2.75, 3.05) is 6.54 Å². The number of hydrogen-bond acceptors (Lipinski definition) is 2. The van der Waals surface area contributed by atoms with E-state index in [1.54, 1.807) is 0 Å². The molecule has 100 valence electrons. The van der Waals surface area contributed by atoms with Crippen molar-refractivity contribution in [2.24, 2.45) is 0 Å². The van der Waals surface area contributed by atoms with Crippen molar-refractivity contribution in [3.63, 3.8) is 0 Å². The number of carboxylic acid groups (broad SMARTS) is 1. The Morgan fingerprint density at radius 2 is 2.06 bits per heavy atom. The third-order valence-corrected chi connectivity index (χ3v) is 1.92. The van der Waals surface area contributed by atoms with Gasteiger partial charge in [-0.3, -0.25) is 0 Å². The van der Waals surface area contributed by atoms with Gasteiger partial charge in [0.2, 0.25) is 0 Å². The standard InChI is InChI=1S/C10H9F4NO3/c11-8-2-1-7(18-10(12,13)14)5-6(8)3-4-15-9(16)17/h1-2,5,15H,3-4H2,(H,16,17). The van der Waals surface area contributed by atoms with Gasteiger partial charge in [0.1, 0.15) is 11.6 Å². The lowest BCUT2D eigenvalue weighted by Crippen LogP contribution is -2.23. The molecule has 1 aromatic carbocycles. The highest BCUT2D eigenvalue weighted by Crippen LogP contribution is 2.24. The Morgan fingerprint density at radius 3 is 2.61 bits per heavy atom. The summed E-state index contributed by atoms with van der Waals surface area (Å²) in [5.41, 5.74) is -0.0644. The molecular formula is C10H9F4NO3. The molecule has 0 bridgehead atoms. The maximum absolute atomic E-state index is 13.2. The molecule has 8 heteroatoms. The van der Waals surface area contributed by atoms with Gasteiger partial charge in [-0.1, -0.05) is 0 Å². The Bertz CT molecular complexity index is 434. The first-order valence-electron chi connectivity index (χ1n) is 4.79. The molecule has 0 aliphatic heterocycles. The van der Waals surface area contributed by atoms with Crippen molar-refractivity contribution in [1.29, 1.82) is 0 Å². The van der Waals surface area contributed by atoms with Crippen molar-refractivity contribution >= 4 is 6.09 Å². The van der Waals surface area contributed by atoms with Crippen LogP contribution in [0, 0.1) is 5.82 Å². The Morgan fingerprint density at radius 1 is 1.39 bits per heavy atom. The smallest absolute Gasteiger partial charge is 0.465 e. The zero-order valence-electron chi connectivity index (χ0n) is 8.92. The number of ether oxygens (including phenoxy) is 1. The van der Waals surface area contributed by atoms with E-state index in [9.17, 15) is 22.4 Å². The Hall–Kier alpha value is -1.99. The lowest BCUT2D eigenvalue weighted by molar-refractivity contribution is -0.274. The second-order valence-corrected chi connectivity index (χ2v) is 3.28. The molecule has 0 fully saturated rings. The number of halogens is 4. The summed E-state index contributed by atoms with van der Waals surface area (Å²) in [6, 6.07) is 2.56. The van der Waals surface area contributed by atoms with Gasteiger partial charge in [0.05, 0.1) is 0 Å². The highest BCUT2D eigenvalue weighted by atomic mass is 19.4. The van der Waals surface area contributed by atoms with E-state index in [4.69, 9.17) is 5.11 Å². The SMILES string of the molecule is O=C(O)NCCc1cc(OC(F)(F)F)ccc1F. The van der Waals surface area contributed by atoms with Crippen molar-refractivity contribution in [2.45, 2.75) is 12.8 Å². The van der Waals surface area contributed by atoms with Crippen LogP contribution in [0.1, 0.15) is 5.56 Å². The van der Waals surface area contributed by atoms with Crippen LogP contribution in [0.25, 0.3) is 0 Å². The van der Waals surface area contributed by atoms with E-state index < -0.39 is 24.0 Å². The molecule has 1 amide bonds. The second-order valence-electron chi connectivity index (χ2n) is 3.28. The quantitative estimate of drug-likeness (QED) is 0.824. The minimum atomic E-state index is -4.85. The van der Waals surface area contributed by atoms with Crippen LogP contribution in [-0.2, 0) is 6.42 Å². The number of amides is 1. The van der Waals surface area contributed by atoms with Gasteiger partial charge >= 0.3 is 12.5 Å². The van der Waals surface area contributed by atoms with Gasteiger partial charge in [0.15, 0.2) is 0 Å². The Labute approximate surface area is 99.2 Å². The minimum absolute atomic E-state index is 0.0644. The molecule has 0 unspecified atom stereocenters. The molecule has 2 N–H and O–H groups in total. The fourth-order valence-electron chi connectivity index (χ4n) is 1.24. The van der Waals surface area contributed by atoms with Gasteiger partial charge in [-0.2, -0.15) is 0 Å². The molecule has 0 radical (unpaired) electrons. The van der Waals surface area contributed by atoms with E-state index in [0.29, 0.717) is 0 Å². The zero-order chi connectivity index (χ0) is 13.8. The van der Waals surface area contributed by atoms with Crippen LogP contribution in [0.15, 0.2) is 18.2 Å². The van der Waals surface area contributed by atoms with Gasteiger partial charge < -0.3 is 15.2 Å². The molecule has 0 heterocycles. The third-order valence-electron chi connectivity index (χ3n) is 1.92. The van der Waals surface area contributed by atoms with Gasteiger partial charge in [-0.15, -0.1) is 13.2 Å². The number of carbonyl (C=O) groups is 1. The predicted molar refractivity (Wildman–Crippen MR) is 52.8 cm³/mol. The summed E-state index contributed by atoms with van der Waals surface area (Å²) in [5, 5.41) is 10.3. The van der Waals surface area contributed by atoms with Crippen LogP contribution < -0.4 is 10.1 Å². The molecule has 18 heavy (non-hydrogen) atoms. The van der Waals surface area contributed by atoms with Gasteiger partial charge in [-0.25, -0.2) is 9.18 Å². The largest absolute Gasteiger partial charge is 0.573 e. The molecule has 0 aromatic heterocycles. The van der Waals surface area contributed by atoms with Gasteiger partial charge in [-0.05, 0) is 30.2 Å². The molecule has 4 nitrogen and oxygen atoms in total. The van der Waals surface area contributed by atoms with E-state index in [-0.39, 0.29) is 18.5 Å². The monoisotopic (exact) mass is 267 g/mol. The van der Waals surface area contributed by atoms with Gasteiger partial charge in [0, 0.05) is 6.54 Å². The highest BCUT2D eigenvalue weighted by Gasteiger charge is 2.31. The molecule has 0 aliphatic rings. The van der Waals surface area contributed by atoms with Crippen LogP contribution in [0.3, 0.4) is 0 Å². The maximum atomic E-state index is 13.2. The van der Waals surface area contributed by atoms with Crippen molar-refractivity contribution in [3.8, 4) is 5.75 Å². The fraction of sp³-hybridized carbons (Fsp3) is 0.300. The van der Waals surface area contributed by atoms with Crippen LogP contribution in [0.5, 0.6) is 5.75 Å². The van der Waals surface area contributed by atoms with Crippen LogP contribution in [0.2, 0.25) is 0 Å². The Balaban J connectivity index is 2.72. The molecule has 1 rings (SSSR count). The summed E-state index contributed by atoms with van der Waals surface area (Å²) in [6.45, 7) is -0.109. The lowest BCUT2D eigenvalue weighted by Gasteiger charge is -2.10. The van der Waals surface area contributed by atoms with Gasteiger partial charge in [0.25, 0.3) is 0 Å². The summed E-state index contributed by atoms with van der Waals surface area (Å²) in [7, 11) is 0. The normalized spacial score (nSPS) is 11.1. The molecule has 0 saturated heterocycles. The molecule has 0 saturated carbocycles. The molecule has 1 aromatic rings. The first kappa shape index (κ1) is 14.1. The summed E-state index contributed by atoms with van der Waals surface area (Å²) < 4.78 is 52.6. The summed E-state index contributed by atoms with van der Waals surface area (Å²) in [5.74, 6) is -1.27. The first-order chi connectivity index (χ1) is 8.28. The summed E-state index contributed by atoms with van der Waals surface area (Å²) >= 11 is 0. The number of rotatable bonds is 4. The minimum Gasteiger partial charge on any atom is -0.465 e. The van der Waals surface area contributed by atoms with E-state index in [1.165, 1.54) is 0 Å². The van der Waals surface area contributed by atoms with Crippen molar-refractivity contribution in [1.82, 2.24) is 5.32 Å². The second kappa shape index (κ2) is 5.56. The lowest BCUT2D eigenvalue weighted by atomic mass is 10.1. The van der Waals surface area contributed by atoms with Crippen LogP contribution >= 0.6 is 0 Å². The average Bonchev–Trinajstić information content (AvgIpc) is 2.20. The molecule has 0 spiro atoms. The zero-order valence-corrected chi connectivity index (χ0v) is 8.92. The predicted octanol–water partition coefficient (Wildman–Crippen LogP) is 2.53. The molecular weight excluding hydrogens is 258 g/mol.